The molecule has 4 heteroatoms. The molecule has 0 atom stereocenters. The fraction of sp³-hybridized carbons (Fsp3) is 0.429. The number of methoxy groups -OCH3 is 2. The van der Waals surface area contributed by atoms with Crippen molar-refractivity contribution >= 4 is 10.9 Å². The predicted molar refractivity (Wildman–Crippen MR) is 73.5 cm³/mol. The molecule has 0 radical (unpaired) electrons. The van der Waals surface area contributed by atoms with Crippen molar-refractivity contribution in [2.75, 3.05) is 20.8 Å². The molecule has 0 bridgehead atoms. The smallest absolute Gasteiger partial charge is 0.143 e. The van der Waals surface area contributed by atoms with Crippen LogP contribution in [0.25, 0.3) is 10.9 Å². The number of fused-ring (bicyclic) bond motifs is 1. The first kappa shape index (κ1) is 12.8. The first-order chi connectivity index (χ1) is 8.55. The summed E-state index contributed by atoms with van der Waals surface area (Å²) in [5.74, 6) is 1.65. The molecular formula is C14H20N2O2. The molecule has 0 amide bonds. The first-order valence-electron chi connectivity index (χ1n) is 5.97. The van der Waals surface area contributed by atoms with Gasteiger partial charge in [-0.15, -0.1) is 0 Å². The summed E-state index contributed by atoms with van der Waals surface area (Å²) in [7, 11) is 3.34. The third kappa shape index (κ3) is 1.82. The van der Waals surface area contributed by atoms with Crippen LogP contribution in [0.3, 0.4) is 0 Å². The molecule has 0 saturated carbocycles. The maximum atomic E-state index is 5.86. The van der Waals surface area contributed by atoms with Crippen LogP contribution in [0, 0.1) is 0 Å². The van der Waals surface area contributed by atoms with E-state index >= 15 is 0 Å². The van der Waals surface area contributed by atoms with Gasteiger partial charge >= 0.3 is 0 Å². The number of nitrogens with two attached hydrogens (primary N) is 1. The molecular weight excluding hydrogens is 228 g/mol. The monoisotopic (exact) mass is 248 g/mol. The van der Waals surface area contributed by atoms with Gasteiger partial charge in [-0.3, -0.25) is 0 Å². The number of aromatic nitrogens is 1. The summed E-state index contributed by atoms with van der Waals surface area (Å²) in [5, 5.41) is 1.05. The number of ether oxygens (including phenoxy) is 2. The lowest BCUT2D eigenvalue weighted by molar-refractivity contribution is 0.409. The summed E-state index contributed by atoms with van der Waals surface area (Å²) in [5.41, 5.74) is 7.85. The van der Waals surface area contributed by atoms with Crippen LogP contribution in [-0.2, 0) is 5.41 Å². The number of benzene rings is 1. The molecule has 0 unspecified atom stereocenters. The van der Waals surface area contributed by atoms with Crippen LogP contribution in [0.5, 0.6) is 11.5 Å². The van der Waals surface area contributed by atoms with Crippen molar-refractivity contribution in [2.45, 2.75) is 19.3 Å². The zero-order valence-electron chi connectivity index (χ0n) is 11.3. The lowest BCUT2D eigenvalue weighted by Crippen LogP contribution is -2.27. The molecule has 0 spiro atoms. The maximum absolute atomic E-state index is 5.86. The Morgan fingerprint density at radius 3 is 2.33 bits per heavy atom. The van der Waals surface area contributed by atoms with Gasteiger partial charge in [-0.2, -0.15) is 0 Å². The fourth-order valence-corrected chi connectivity index (χ4v) is 2.18. The number of rotatable bonds is 4. The number of nitrogens with one attached hydrogen (secondary N) is 1. The molecule has 0 aliphatic carbocycles. The van der Waals surface area contributed by atoms with E-state index in [1.165, 1.54) is 0 Å². The highest BCUT2D eigenvalue weighted by Crippen LogP contribution is 2.39. The molecule has 0 saturated heterocycles. The Kier molecular flexibility index (Phi) is 3.22. The van der Waals surface area contributed by atoms with Crippen LogP contribution in [0.2, 0.25) is 0 Å². The highest BCUT2D eigenvalue weighted by Gasteiger charge is 2.25. The lowest BCUT2D eigenvalue weighted by Gasteiger charge is -2.22. The van der Waals surface area contributed by atoms with Gasteiger partial charge in [0.15, 0.2) is 0 Å². The van der Waals surface area contributed by atoms with E-state index in [2.05, 4.69) is 18.8 Å². The van der Waals surface area contributed by atoms with Crippen LogP contribution in [-0.4, -0.2) is 25.7 Å². The summed E-state index contributed by atoms with van der Waals surface area (Å²) >= 11 is 0. The maximum Gasteiger partial charge on any atom is 0.143 e. The van der Waals surface area contributed by atoms with Gasteiger partial charge in [0.2, 0.25) is 0 Å². The Bertz CT molecular complexity index is 558. The van der Waals surface area contributed by atoms with E-state index in [1.807, 2.05) is 18.3 Å². The number of hydrogen-bond donors (Lipinski definition) is 2. The van der Waals surface area contributed by atoms with E-state index in [1.54, 1.807) is 14.2 Å². The summed E-state index contributed by atoms with van der Waals surface area (Å²) in [6.45, 7) is 4.81. The minimum Gasteiger partial charge on any atom is -0.496 e. The summed E-state index contributed by atoms with van der Waals surface area (Å²) < 4.78 is 10.8. The van der Waals surface area contributed by atoms with Gasteiger partial charge in [0.25, 0.3) is 0 Å². The third-order valence-electron chi connectivity index (χ3n) is 3.44. The fourth-order valence-electron chi connectivity index (χ4n) is 2.18. The van der Waals surface area contributed by atoms with Crippen LogP contribution >= 0.6 is 0 Å². The highest BCUT2D eigenvalue weighted by atomic mass is 16.5. The molecule has 0 fully saturated rings. The SMILES string of the molecule is COc1ccc(OC)c2c(C(C)(C)CN)c[nH]c12. The Hall–Kier alpha value is -1.68. The van der Waals surface area contributed by atoms with Gasteiger partial charge < -0.3 is 20.2 Å². The molecule has 98 valence electrons. The van der Waals surface area contributed by atoms with Crippen LogP contribution in [0.15, 0.2) is 18.3 Å². The molecule has 0 aliphatic rings. The molecule has 4 nitrogen and oxygen atoms in total. The minimum atomic E-state index is -0.113. The van der Waals surface area contributed by atoms with Crippen molar-refractivity contribution in [2.24, 2.45) is 5.73 Å². The number of H-pyrrole nitrogens is 1. The second kappa shape index (κ2) is 4.53. The largest absolute Gasteiger partial charge is 0.496 e. The Labute approximate surface area is 107 Å². The van der Waals surface area contributed by atoms with Gasteiger partial charge in [0.05, 0.1) is 19.7 Å². The third-order valence-corrected chi connectivity index (χ3v) is 3.44. The summed E-state index contributed by atoms with van der Waals surface area (Å²) in [4.78, 5) is 3.26. The molecule has 18 heavy (non-hydrogen) atoms. The molecule has 0 aliphatic heterocycles. The highest BCUT2D eigenvalue weighted by molar-refractivity contribution is 5.94. The van der Waals surface area contributed by atoms with E-state index in [-0.39, 0.29) is 5.41 Å². The van der Waals surface area contributed by atoms with Crippen LogP contribution in [0.4, 0.5) is 0 Å². The molecule has 2 rings (SSSR count). The van der Waals surface area contributed by atoms with E-state index in [4.69, 9.17) is 15.2 Å². The van der Waals surface area contributed by atoms with E-state index in [9.17, 15) is 0 Å². The van der Waals surface area contributed by atoms with Crippen LogP contribution in [0.1, 0.15) is 19.4 Å². The zero-order valence-corrected chi connectivity index (χ0v) is 11.3. The number of hydrogen-bond acceptors (Lipinski definition) is 3. The van der Waals surface area contributed by atoms with Gasteiger partial charge in [-0.1, -0.05) is 13.8 Å². The van der Waals surface area contributed by atoms with Gasteiger partial charge in [0.1, 0.15) is 11.5 Å². The minimum absolute atomic E-state index is 0.113. The second-order valence-corrected chi connectivity index (χ2v) is 5.01. The van der Waals surface area contributed by atoms with Crippen molar-refractivity contribution in [1.82, 2.24) is 4.98 Å². The van der Waals surface area contributed by atoms with Gasteiger partial charge in [-0.05, 0) is 17.7 Å². The topological polar surface area (TPSA) is 60.3 Å². The second-order valence-electron chi connectivity index (χ2n) is 5.01. The molecule has 2 aromatic rings. The van der Waals surface area contributed by atoms with Crippen LogP contribution < -0.4 is 15.2 Å². The van der Waals surface area contributed by atoms with E-state index in [0.29, 0.717) is 6.54 Å². The zero-order chi connectivity index (χ0) is 13.3. The lowest BCUT2D eigenvalue weighted by atomic mass is 9.84. The first-order valence-corrected chi connectivity index (χ1v) is 5.97. The standard InChI is InChI=1S/C14H20N2O2/c1-14(2,8-15)9-7-16-13-11(18-4)6-5-10(17-3)12(9)13/h5-7,16H,8,15H2,1-4H3. The average Bonchev–Trinajstić information content (AvgIpc) is 2.83. The Balaban J connectivity index is 2.77. The van der Waals surface area contributed by atoms with E-state index in [0.717, 1.165) is 28.0 Å². The average molecular weight is 248 g/mol. The predicted octanol–water partition coefficient (Wildman–Crippen LogP) is 2.42. The molecule has 1 heterocycles. The van der Waals surface area contributed by atoms with Crippen molar-refractivity contribution in [3.05, 3.63) is 23.9 Å². The Morgan fingerprint density at radius 2 is 1.78 bits per heavy atom. The number of aromatic amines is 1. The summed E-state index contributed by atoms with van der Waals surface area (Å²) in [6.07, 6.45) is 1.99. The van der Waals surface area contributed by atoms with E-state index < -0.39 is 0 Å². The van der Waals surface area contributed by atoms with Gasteiger partial charge in [0, 0.05) is 23.5 Å². The molecule has 1 aromatic heterocycles. The van der Waals surface area contributed by atoms with Gasteiger partial charge in [-0.25, -0.2) is 0 Å². The van der Waals surface area contributed by atoms with Crippen molar-refractivity contribution < 1.29 is 9.47 Å². The normalized spacial score (nSPS) is 11.8. The van der Waals surface area contributed by atoms with Crippen molar-refractivity contribution in [1.29, 1.82) is 0 Å². The van der Waals surface area contributed by atoms with Crippen molar-refractivity contribution in [3.8, 4) is 11.5 Å². The summed E-state index contributed by atoms with van der Waals surface area (Å²) in [6, 6.07) is 3.82. The molecule has 3 N–H and O–H groups in total. The molecule has 1 aromatic carbocycles. The van der Waals surface area contributed by atoms with Crippen molar-refractivity contribution in [3.63, 3.8) is 0 Å². The Morgan fingerprint density at radius 1 is 1.17 bits per heavy atom. The quantitative estimate of drug-likeness (QED) is 0.873.